The fourth-order valence-electron chi connectivity index (χ4n) is 3.26. The Morgan fingerprint density at radius 3 is 2.26 bits per heavy atom. The molecule has 0 unspecified atom stereocenters. The molecule has 1 fully saturated rings. The van der Waals surface area contributed by atoms with E-state index in [1.54, 1.807) is 19.1 Å². The molecule has 8 heteroatoms. The van der Waals surface area contributed by atoms with Crippen LogP contribution in [0.5, 0.6) is 0 Å². The predicted molar refractivity (Wildman–Crippen MR) is 93.6 cm³/mol. The maximum absolute atomic E-state index is 13.9. The highest BCUT2D eigenvalue weighted by atomic mass is 19.1. The Kier molecular flexibility index (Phi) is 5.00. The van der Waals surface area contributed by atoms with Gasteiger partial charge in [-0.3, -0.25) is 9.80 Å². The summed E-state index contributed by atoms with van der Waals surface area (Å²) >= 11 is 0. The molecule has 0 amide bonds. The molecule has 0 atom stereocenters. The van der Waals surface area contributed by atoms with E-state index in [-0.39, 0.29) is 11.3 Å². The van der Waals surface area contributed by atoms with Gasteiger partial charge in [0.2, 0.25) is 5.89 Å². The zero-order valence-electron chi connectivity index (χ0n) is 15.0. The van der Waals surface area contributed by atoms with E-state index in [2.05, 4.69) is 19.9 Å². The number of aryl methyl sites for hydroxylation is 1. The number of aromatic nitrogens is 2. The van der Waals surface area contributed by atoms with Crippen LogP contribution in [0.4, 0.5) is 8.78 Å². The molecule has 0 radical (unpaired) electrons. The summed E-state index contributed by atoms with van der Waals surface area (Å²) < 4.78 is 38.5. The van der Waals surface area contributed by atoms with Gasteiger partial charge in [-0.1, -0.05) is 11.2 Å². The molecule has 0 N–H and O–H groups in total. The van der Waals surface area contributed by atoms with Crippen LogP contribution in [-0.2, 0) is 13.1 Å². The lowest BCUT2D eigenvalue weighted by atomic mass is 10.1. The lowest BCUT2D eigenvalue weighted by Crippen LogP contribution is -2.45. The van der Waals surface area contributed by atoms with Gasteiger partial charge in [0, 0.05) is 33.1 Å². The van der Waals surface area contributed by atoms with Crippen molar-refractivity contribution in [2.24, 2.45) is 0 Å². The van der Waals surface area contributed by atoms with E-state index in [9.17, 15) is 8.78 Å². The Morgan fingerprint density at radius 2 is 1.63 bits per heavy atom. The molecule has 0 aliphatic carbocycles. The van der Waals surface area contributed by atoms with Gasteiger partial charge in [0.1, 0.15) is 23.2 Å². The molecular formula is C19H20F2N4O2. The van der Waals surface area contributed by atoms with E-state index in [4.69, 9.17) is 8.94 Å². The summed E-state index contributed by atoms with van der Waals surface area (Å²) in [5.41, 5.74) is -0.121. The van der Waals surface area contributed by atoms with Crippen molar-refractivity contribution in [3.8, 4) is 11.3 Å². The lowest BCUT2D eigenvalue weighted by Gasteiger charge is -2.33. The van der Waals surface area contributed by atoms with Gasteiger partial charge in [-0.15, -0.1) is 0 Å². The summed E-state index contributed by atoms with van der Waals surface area (Å²) in [4.78, 5) is 8.74. The van der Waals surface area contributed by atoms with Crippen molar-refractivity contribution >= 4 is 0 Å². The molecule has 3 aromatic rings. The fraction of sp³-hybridized carbons (Fsp3) is 0.368. The molecule has 2 aromatic heterocycles. The van der Waals surface area contributed by atoms with Gasteiger partial charge in [0.15, 0.2) is 5.82 Å². The average Bonchev–Trinajstić information content (AvgIpc) is 3.26. The minimum atomic E-state index is -0.624. The van der Waals surface area contributed by atoms with E-state index in [0.717, 1.165) is 26.2 Å². The zero-order valence-corrected chi connectivity index (χ0v) is 15.0. The molecule has 142 valence electrons. The average molecular weight is 374 g/mol. The number of furan rings is 1. The summed E-state index contributed by atoms with van der Waals surface area (Å²) in [5.74, 6) is 0.927. The number of nitrogens with zero attached hydrogens (tertiary/aromatic N) is 4. The van der Waals surface area contributed by atoms with Crippen LogP contribution < -0.4 is 0 Å². The van der Waals surface area contributed by atoms with Crippen molar-refractivity contribution in [2.75, 3.05) is 26.2 Å². The number of halogens is 2. The highest BCUT2D eigenvalue weighted by molar-refractivity contribution is 5.59. The summed E-state index contributed by atoms with van der Waals surface area (Å²) in [6.07, 6.45) is 0. The fourth-order valence-corrected chi connectivity index (χ4v) is 3.26. The van der Waals surface area contributed by atoms with E-state index in [1.807, 2.05) is 0 Å². The summed E-state index contributed by atoms with van der Waals surface area (Å²) in [7, 11) is 0. The van der Waals surface area contributed by atoms with Crippen molar-refractivity contribution in [1.82, 2.24) is 19.9 Å². The van der Waals surface area contributed by atoms with Gasteiger partial charge in [-0.25, -0.2) is 8.78 Å². The Labute approximate surface area is 155 Å². The first kappa shape index (κ1) is 17.8. The maximum atomic E-state index is 13.9. The molecule has 27 heavy (non-hydrogen) atoms. The largest absolute Gasteiger partial charge is 0.460 e. The predicted octanol–water partition coefficient (Wildman–Crippen LogP) is 3.23. The van der Waals surface area contributed by atoms with Crippen LogP contribution in [0.15, 0.2) is 39.3 Å². The summed E-state index contributed by atoms with van der Waals surface area (Å²) in [5, 5.41) is 3.92. The van der Waals surface area contributed by atoms with Crippen LogP contribution in [0.25, 0.3) is 11.3 Å². The lowest BCUT2D eigenvalue weighted by molar-refractivity contribution is 0.113. The third-order valence-electron chi connectivity index (χ3n) is 4.65. The van der Waals surface area contributed by atoms with Gasteiger partial charge in [-0.2, -0.15) is 4.98 Å². The number of rotatable bonds is 5. The van der Waals surface area contributed by atoms with Crippen molar-refractivity contribution in [3.05, 3.63) is 59.4 Å². The molecule has 1 aliphatic heterocycles. The molecule has 1 saturated heterocycles. The molecule has 0 bridgehead atoms. The van der Waals surface area contributed by atoms with Crippen molar-refractivity contribution in [1.29, 1.82) is 0 Å². The Balaban J connectivity index is 1.34. The van der Waals surface area contributed by atoms with Crippen LogP contribution in [-0.4, -0.2) is 46.1 Å². The standard InChI is InChI=1S/C19H20F2N4O2/c1-13-22-18(23-27-13)12-25-9-7-24(8-10-25)11-14-5-6-17(26-14)19-15(20)3-2-4-16(19)21/h2-6H,7-12H2,1H3. The zero-order chi connectivity index (χ0) is 18.8. The summed E-state index contributed by atoms with van der Waals surface area (Å²) in [6, 6.07) is 7.19. The van der Waals surface area contributed by atoms with Gasteiger partial charge in [0.25, 0.3) is 0 Å². The van der Waals surface area contributed by atoms with Crippen molar-refractivity contribution in [2.45, 2.75) is 20.0 Å². The second-order valence-electron chi connectivity index (χ2n) is 6.64. The Hall–Kier alpha value is -2.58. The third kappa shape index (κ3) is 4.06. The number of hydrogen-bond acceptors (Lipinski definition) is 6. The van der Waals surface area contributed by atoms with Gasteiger partial charge >= 0.3 is 0 Å². The molecule has 3 heterocycles. The number of benzene rings is 1. The summed E-state index contributed by atoms with van der Waals surface area (Å²) in [6.45, 7) is 6.53. The molecule has 6 nitrogen and oxygen atoms in total. The monoisotopic (exact) mass is 374 g/mol. The molecule has 0 spiro atoms. The van der Waals surface area contributed by atoms with E-state index in [1.165, 1.54) is 18.2 Å². The van der Waals surface area contributed by atoms with Crippen molar-refractivity contribution in [3.63, 3.8) is 0 Å². The molecule has 4 rings (SSSR count). The SMILES string of the molecule is Cc1nc(CN2CCN(Cc3ccc(-c4c(F)cccc4F)o3)CC2)no1. The molecule has 0 saturated carbocycles. The first-order chi connectivity index (χ1) is 13.1. The smallest absolute Gasteiger partial charge is 0.223 e. The first-order valence-corrected chi connectivity index (χ1v) is 8.85. The van der Waals surface area contributed by atoms with Crippen LogP contribution >= 0.6 is 0 Å². The highest BCUT2D eigenvalue weighted by Crippen LogP contribution is 2.28. The third-order valence-corrected chi connectivity index (χ3v) is 4.65. The second kappa shape index (κ2) is 7.58. The van der Waals surface area contributed by atoms with E-state index in [0.29, 0.717) is 30.6 Å². The first-order valence-electron chi connectivity index (χ1n) is 8.85. The van der Waals surface area contributed by atoms with E-state index < -0.39 is 11.6 Å². The van der Waals surface area contributed by atoms with E-state index >= 15 is 0 Å². The van der Waals surface area contributed by atoms with Crippen LogP contribution in [0.1, 0.15) is 17.5 Å². The van der Waals surface area contributed by atoms with Gasteiger partial charge in [-0.05, 0) is 24.3 Å². The highest BCUT2D eigenvalue weighted by Gasteiger charge is 2.20. The van der Waals surface area contributed by atoms with Crippen LogP contribution in [0.3, 0.4) is 0 Å². The quantitative estimate of drug-likeness (QED) is 0.683. The maximum Gasteiger partial charge on any atom is 0.223 e. The number of piperazine rings is 1. The van der Waals surface area contributed by atoms with Gasteiger partial charge in [0.05, 0.1) is 18.7 Å². The molecule has 1 aliphatic rings. The van der Waals surface area contributed by atoms with Gasteiger partial charge < -0.3 is 8.94 Å². The molecular weight excluding hydrogens is 354 g/mol. The molecule has 1 aromatic carbocycles. The normalized spacial score (nSPS) is 16.1. The Bertz CT molecular complexity index is 896. The van der Waals surface area contributed by atoms with Crippen LogP contribution in [0.2, 0.25) is 0 Å². The number of hydrogen-bond donors (Lipinski definition) is 0. The van der Waals surface area contributed by atoms with Crippen LogP contribution in [0, 0.1) is 18.6 Å². The topological polar surface area (TPSA) is 58.5 Å². The second-order valence-corrected chi connectivity index (χ2v) is 6.64. The Morgan fingerprint density at radius 1 is 0.963 bits per heavy atom. The minimum Gasteiger partial charge on any atom is -0.460 e. The minimum absolute atomic E-state index is 0.121. The van der Waals surface area contributed by atoms with Crippen molar-refractivity contribution < 1.29 is 17.7 Å².